The first-order valence-corrected chi connectivity index (χ1v) is 7.90. The van der Waals surface area contributed by atoms with E-state index < -0.39 is 0 Å². The van der Waals surface area contributed by atoms with Gasteiger partial charge in [-0.15, -0.1) is 24.8 Å². The smallest absolute Gasteiger partial charge is 0.0406 e. The van der Waals surface area contributed by atoms with Crippen LogP contribution in [0.3, 0.4) is 0 Å². The fourth-order valence-electron chi connectivity index (χ4n) is 2.60. The number of hydrogen-bond acceptors (Lipinski definition) is 2. The molecule has 0 amide bonds. The topological polar surface area (TPSA) is 15.3 Å². The van der Waals surface area contributed by atoms with Crippen molar-refractivity contribution in [2.24, 2.45) is 0 Å². The van der Waals surface area contributed by atoms with Gasteiger partial charge in [0.1, 0.15) is 0 Å². The predicted molar refractivity (Wildman–Crippen MR) is 97.2 cm³/mol. The van der Waals surface area contributed by atoms with Gasteiger partial charge >= 0.3 is 0 Å². The third kappa shape index (κ3) is 8.90. The van der Waals surface area contributed by atoms with E-state index >= 15 is 0 Å². The summed E-state index contributed by atoms with van der Waals surface area (Å²) in [5.74, 6) is 0. The number of nitrogens with one attached hydrogen (secondary N) is 1. The summed E-state index contributed by atoms with van der Waals surface area (Å²) in [5, 5.41) is 4.30. The minimum absolute atomic E-state index is 0. The van der Waals surface area contributed by atoms with Crippen LogP contribution in [0.4, 0.5) is 0 Å². The molecule has 0 atom stereocenters. The van der Waals surface area contributed by atoms with Crippen LogP contribution in [0.25, 0.3) is 0 Å². The molecular weight excluding hydrogens is 327 g/mol. The zero-order valence-electron chi connectivity index (χ0n) is 12.5. The van der Waals surface area contributed by atoms with E-state index in [9.17, 15) is 0 Å². The van der Waals surface area contributed by atoms with Crippen LogP contribution in [-0.4, -0.2) is 31.1 Å². The zero-order valence-corrected chi connectivity index (χ0v) is 14.9. The predicted octanol–water partition coefficient (Wildman–Crippen LogP) is 4.54. The largest absolute Gasteiger partial charge is 0.313 e. The SMILES string of the molecule is Cl.Cl.Clc1ccc(CNCCCCCN2CCCC2)cc1. The summed E-state index contributed by atoms with van der Waals surface area (Å²) in [7, 11) is 0. The monoisotopic (exact) mass is 352 g/mol. The minimum atomic E-state index is 0. The third-order valence-electron chi connectivity index (χ3n) is 3.77. The van der Waals surface area contributed by atoms with Crippen molar-refractivity contribution < 1.29 is 0 Å². The van der Waals surface area contributed by atoms with E-state index in [1.807, 2.05) is 12.1 Å². The molecule has 1 N–H and O–H groups in total. The Morgan fingerprint density at radius 1 is 0.952 bits per heavy atom. The molecule has 1 fully saturated rings. The van der Waals surface area contributed by atoms with Gasteiger partial charge in [0.2, 0.25) is 0 Å². The lowest BCUT2D eigenvalue weighted by Crippen LogP contribution is -2.20. The zero-order chi connectivity index (χ0) is 13.3. The highest BCUT2D eigenvalue weighted by Gasteiger charge is 2.09. The lowest BCUT2D eigenvalue weighted by atomic mass is 10.2. The van der Waals surface area contributed by atoms with Gasteiger partial charge in [0.15, 0.2) is 0 Å². The molecule has 1 aliphatic heterocycles. The summed E-state index contributed by atoms with van der Waals surface area (Å²) in [6.45, 7) is 6.02. The fourth-order valence-corrected chi connectivity index (χ4v) is 2.73. The van der Waals surface area contributed by atoms with Gasteiger partial charge in [-0.2, -0.15) is 0 Å². The van der Waals surface area contributed by atoms with Gasteiger partial charge in [0.25, 0.3) is 0 Å². The quantitative estimate of drug-likeness (QED) is 0.690. The second kappa shape index (κ2) is 12.5. The maximum atomic E-state index is 5.86. The number of rotatable bonds is 8. The first kappa shape index (κ1) is 21.0. The molecule has 0 radical (unpaired) electrons. The van der Waals surface area contributed by atoms with Gasteiger partial charge in [-0.3, -0.25) is 0 Å². The Balaban J connectivity index is 0.00000200. The summed E-state index contributed by atoms with van der Waals surface area (Å²) >= 11 is 5.86. The lowest BCUT2D eigenvalue weighted by molar-refractivity contribution is 0.328. The molecule has 0 bridgehead atoms. The second-order valence-electron chi connectivity index (χ2n) is 5.41. The van der Waals surface area contributed by atoms with Gasteiger partial charge < -0.3 is 10.2 Å². The van der Waals surface area contributed by atoms with Crippen molar-refractivity contribution >= 4 is 36.4 Å². The van der Waals surface area contributed by atoms with E-state index in [4.69, 9.17) is 11.6 Å². The average Bonchev–Trinajstić information content (AvgIpc) is 2.93. The Kier molecular flexibility index (Phi) is 12.5. The molecule has 0 spiro atoms. The van der Waals surface area contributed by atoms with Gasteiger partial charge in [-0.05, 0) is 69.6 Å². The average molecular weight is 354 g/mol. The maximum absolute atomic E-state index is 5.86. The molecule has 1 heterocycles. The van der Waals surface area contributed by atoms with E-state index in [1.54, 1.807) is 0 Å². The molecule has 1 aliphatic rings. The fraction of sp³-hybridized carbons (Fsp3) is 0.625. The van der Waals surface area contributed by atoms with Gasteiger partial charge in [0, 0.05) is 11.6 Å². The number of halogens is 3. The first-order valence-electron chi connectivity index (χ1n) is 7.52. The van der Waals surface area contributed by atoms with Crippen LogP contribution >= 0.6 is 36.4 Å². The molecule has 0 aliphatic carbocycles. The van der Waals surface area contributed by atoms with Crippen LogP contribution in [0.15, 0.2) is 24.3 Å². The Morgan fingerprint density at radius 3 is 2.29 bits per heavy atom. The first-order chi connectivity index (χ1) is 9.34. The molecule has 1 aromatic rings. The van der Waals surface area contributed by atoms with Crippen molar-refractivity contribution in [3.8, 4) is 0 Å². The van der Waals surface area contributed by atoms with Crippen molar-refractivity contribution in [2.45, 2.75) is 38.6 Å². The van der Waals surface area contributed by atoms with Gasteiger partial charge in [-0.25, -0.2) is 0 Å². The van der Waals surface area contributed by atoms with Crippen LogP contribution in [-0.2, 0) is 6.54 Å². The van der Waals surface area contributed by atoms with Gasteiger partial charge in [-0.1, -0.05) is 30.2 Å². The third-order valence-corrected chi connectivity index (χ3v) is 4.02. The molecule has 1 saturated heterocycles. The highest BCUT2D eigenvalue weighted by atomic mass is 35.5. The summed E-state index contributed by atoms with van der Waals surface area (Å²) in [6.07, 6.45) is 6.78. The van der Waals surface area contributed by atoms with Crippen LogP contribution in [0.1, 0.15) is 37.7 Å². The minimum Gasteiger partial charge on any atom is -0.313 e. The van der Waals surface area contributed by atoms with E-state index in [1.165, 1.54) is 57.3 Å². The molecule has 2 rings (SSSR count). The number of unbranched alkanes of at least 4 members (excludes halogenated alkanes) is 2. The molecule has 122 valence electrons. The summed E-state index contributed by atoms with van der Waals surface area (Å²) < 4.78 is 0. The van der Waals surface area contributed by atoms with E-state index in [0.29, 0.717) is 0 Å². The number of benzene rings is 1. The molecular formula is C16H27Cl3N2. The van der Waals surface area contributed by atoms with Crippen molar-refractivity contribution in [1.82, 2.24) is 10.2 Å². The maximum Gasteiger partial charge on any atom is 0.0406 e. The molecule has 0 unspecified atom stereocenters. The highest BCUT2D eigenvalue weighted by Crippen LogP contribution is 2.10. The molecule has 2 nitrogen and oxygen atoms in total. The summed E-state index contributed by atoms with van der Waals surface area (Å²) in [6, 6.07) is 8.08. The summed E-state index contributed by atoms with van der Waals surface area (Å²) in [5.41, 5.74) is 1.31. The van der Waals surface area contributed by atoms with Crippen molar-refractivity contribution in [2.75, 3.05) is 26.2 Å². The molecule has 21 heavy (non-hydrogen) atoms. The van der Waals surface area contributed by atoms with Crippen molar-refractivity contribution in [3.05, 3.63) is 34.9 Å². The number of likely N-dealkylation sites (tertiary alicyclic amines) is 1. The molecule has 1 aromatic carbocycles. The number of hydrogen-bond donors (Lipinski definition) is 1. The summed E-state index contributed by atoms with van der Waals surface area (Å²) in [4.78, 5) is 2.60. The lowest BCUT2D eigenvalue weighted by Gasteiger charge is -2.13. The van der Waals surface area contributed by atoms with E-state index in [0.717, 1.165) is 18.1 Å². The Bertz CT molecular complexity index is 351. The van der Waals surface area contributed by atoms with Crippen molar-refractivity contribution in [3.63, 3.8) is 0 Å². The Morgan fingerprint density at radius 2 is 1.62 bits per heavy atom. The van der Waals surface area contributed by atoms with E-state index in [2.05, 4.69) is 22.3 Å². The molecule has 0 aromatic heterocycles. The molecule has 0 saturated carbocycles. The Labute approximate surface area is 146 Å². The number of nitrogens with zero attached hydrogens (tertiary/aromatic N) is 1. The highest BCUT2D eigenvalue weighted by molar-refractivity contribution is 6.30. The van der Waals surface area contributed by atoms with Crippen LogP contribution in [0.2, 0.25) is 5.02 Å². The standard InChI is InChI=1S/C16H25ClN2.2ClH/c17-16-8-6-15(7-9-16)14-18-10-2-1-3-11-19-12-4-5-13-19;;/h6-9,18H,1-5,10-14H2;2*1H. The van der Waals surface area contributed by atoms with Crippen LogP contribution in [0, 0.1) is 0 Å². The Hall–Kier alpha value is 0.01000. The van der Waals surface area contributed by atoms with E-state index in [-0.39, 0.29) is 24.8 Å². The molecule has 5 heteroatoms. The van der Waals surface area contributed by atoms with Crippen molar-refractivity contribution in [1.29, 1.82) is 0 Å². The van der Waals surface area contributed by atoms with Crippen LogP contribution in [0.5, 0.6) is 0 Å². The van der Waals surface area contributed by atoms with Gasteiger partial charge in [0.05, 0.1) is 0 Å². The normalized spacial score (nSPS) is 14.5. The van der Waals surface area contributed by atoms with Crippen LogP contribution < -0.4 is 5.32 Å². The second-order valence-corrected chi connectivity index (χ2v) is 5.85.